The summed E-state index contributed by atoms with van der Waals surface area (Å²) in [7, 11) is 0. The molecule has 0 N–H and O–H groups in total. The third-order valence-electron chi connectivity index (χ3n) is 13.0. The minimum absolute atomic E-state index is 0.0687. The summed E-state index contributed by atoms with van der Waals surface area (Å²) in [5.41, 5.74) is 5.35. The summed E-state index contributed by atoms with van der Waals surface area (Å²) in [6.45, 7) is 6.90. The Morgan fingerprint density at radius 2 is 0.719 bits per heavy atom. The monoisotopic (exact) mass is 872 g/mol. The molecule has 0 aromatic heterocycles. The molecule has 0 saturated heterocycles. The Hall–Kier alpha value is -4.17. The average molecular weight is 872 g/mol. The van der Waals surface area contributed by atoms with Gasteiger partial charge in [-0.15, -0.1) is 0 Å². The fourth-order valence-corrected chi connectivity index (χ4v) is 8.88. The first-order valence-corrected chi connectivity index (χ1v) is 26.5. The van der Waals surface area contributed by atoms with Crippen LogP contribution in [0.15, 0.2) is 66.7 Å². The van der Waals surface area contributed by atoms with E-state index in [4.69, 9.17) is 0 Å². The van der Waals surface area contributed by atoms with Crippen LogP contribution in [-0.4, -0.2) is 18.0 Å². The van der Waals surface area contributed by atoms with Crippen molar-refractivity contribution in [2.75, 3.05) is 18.0 Å². The summed E-state index contributed by atoms with van der Waals surface area (Å²) >= 11 is 0. The lowest BCUT2D eigenvalue weighted by Crippen LogP contribution is -2.25. The van der Waals surface area contributed by atoms with Crippen molar-refractivity contribution in [3.8, 4) is 6.07 Å². The molecule has 0 bridgehead atoms. The van der Waals surface area contributed by atoms with E-state index in [-0.39, 0.29) is 11.3 Å². The first-order valence-electron chi connectivity index (χ1n) is 26.5. The second-order valence-corrected chi connectivity index (χ2v) is 18.7. The van der Waals surface area contributed by atoms with Crippen LogP contribution < -0.4 is 4.90 Å². The summed E-state index contributed by atoms with van der Waals surface area (Å²) in [6.07, 6.45) is 53.1. The van der Waals surface area contributed by atoms with E-state index in [9.17, 15) is 15.4 Å². The van der Waals surface area contributed by atoms with Gasteiger partial charge in [-0.3, -0.25) is 10.1 Å². The number of anilines is 1. The van der Waals surface area contributed by atoms with Crippen molar-refractivity contribution in [1.29, 1.82) is 5.26 Å². The van der Waals surface area contributed by atoms with E-state index in [0.717, 1.165) is 29.8 Å². The minimum atomic E-state index is -0.521. The second-order valence-electron chi connectivity index (χ2n) is 18.7. The van der Waals surface area contributed by atoms with Crippen LogP contribution in [0.3, 0.4) is 0 Å². The zero-order chi connectivity index (χ0) is 45.6. The molecule has 0 unspecified atom stereocenters. The maximum Gasteiger partial charge on any atom is 0.287 e. The van der Waals surface area contributed by atoms with Gasteiger partial charge in [0.2, 0.25) is 0 Å². The van der Waals surface area contributed by atoms with E-state index >= 15 is 0 Å². The maximum atomic E-state index is 11.2. The molecule has 0 amide bonds. The van der Waals surface area contributed by atoms with Gasteiger partial charge in [0.1, 0.15) is 11.6 Å². The molecule has 0 fully saturated rings. The van der Waals surface area contributed by atoms with Gasteiger partial charge in [0.15, 0.2) is 0 Å². The van der Waals surface area contributed by atoms with Crippen LogP contribution in [0.1, 0.15) is 247 Å². The quantitative estimate of drug-likeness (QED) is 0.0247. The number of hydrogen-bond acceptors (Lipinski definition) is 4. The van der Waals surface area contributed by atoms with Gasteiger partial charge < -0.3 is 4.90 Å². The molecule has 0 radical (unpaired) electrons. The lowest BCUT2D eigenvalue weighted by molar-refractivity contribution is -0.385. The summed E-state index contributed by atoms with van der Waals surface area (Å²) < 4.78 is 0. The summed E-state index contributed by atoms with van der Waals surface area (Å²) in [5, 5.41) is 20.5. The second kappa shape index (κ2) is 37.1. The molecular formula is C59H89N3O2. The van der Waals surface area contributed by atoms with E-state index in [0.29, 0.717) is 0 Å². The normalized spacial score (nSPS) is 11.5. The van der Waals surface area contributed by atoms with Crippen LogP contribution in [0.4, 0.5) is 11.4 Å². The standard InChI is InChI=1S/C59H89N3O2/c1-3-5-7-9-11-13-15-17-19-21-23-25-27-29-31-33-49-61(50-34-32-30-28-26-24-22-20-18-16-14-12-10-8-6-4-2)58-46-43-55(44-47-58)40-39-53-35-37-54(38-36-53)41-42-56-45-48-59(62(63)64)57(51-56)52-60/h35-48,51H,3-34,49-50H2,1-2H3. The van der Waals surface area contributed by atoms with Crippen LogP contribution >= 0.6 is 0 Å². The maximum absolute atomic E-state index is 11.2. The molecule has 3 rings (SSSR count). The molecule has 0 aliphatic rings. The van der Waals surface area contributed by atoms with E-state index in [2.05, 4.69) is 79.4 Å². The molecular weight excluding hydrogens is 783 g/mol. The first-order chi connectivity index (χ1) is 31.5. The predicted octanol–water partition coefficient (Wildman–Crippen LogP) is 19.1. The highest BCUT2D eigenvalue weighted by Gasteiger charge is 2.13. The van der Waals surface area contributed by atoms with Crippen LogP contribution in [0.5, 0.6) is 0 Å². The van der Waals surface area contributed by atoms with Gasteiger partial charge in [0, 0.05) is 24.8 Å². The molecule has 0 atom stereocenters. The third kappa shape index (κ3) is 26.0. The number of nitro benzene ring substituents is 1. The predicted molar refractivity (Wildman–Crippen MR) is 280 cm³/mol. The summed E-state index contributed by atoms with van der Waals surface area (Å²) in [6, 6.07) is 24.0. The van der Waals surface area contributed by atoms with Crippen molar-refractivity contribution in [3.05, 3.63) is 105 Å². The minimum Gasteiger partial charge on any atom is -0.372 e. The number of nitrogens with zero attached hydrogens (tertiary/aromatic N) is 3. The number of nitriles is 1. The molecule has 5 heteroatoms. The molecule has 0 aliphatic carbocycles. The SMILES string of the molecule is CCCCCCCCCCCCCCCCCCN(CCCCCCCCCCCCCCCCCC)c1ccc(C=Cc2ccc(C=Cc3ccc([N+](=O)[O-])c(C#N)c3)cc2)cc1. The topological polar surface area (TPSA) is 70.2 Å². The number of hydrogen-bond donors (Lipinski definition) is 0. The van der Waals surface area contributed by atoms with Crippen LogP contribution in [-0.2, 0) is 0 Å². The average Bonchev–Trinajstić information content (AvgIpc) is 3.32. The van der Waals surface area contributed by atoms with E-state index < -0.39 is 4.92 Å². The van der Waals surface area contributed by atoms with Gasteiger partial charge in [-0.1, -0.05) is 267 Å². The third-order valence-corrected chi connectivity index (χ3v) is 13.0. The highest BCUT2D eigenvalue weighted by atomic mass is 16.6. The summed E-state index contributed by atoms with van der Waals surface area (Å²) in [5.74, 6) is 0. The fraction of sp³-hybridized carbons (Fsp3) is 0.610. The Morgan fingerprint density at radius 1 is 0.438 bits per heavy atom. The van der Waals surface area contributed by atoms with Crippen molar-refractivity contribution in [2.45, 2.75) is 219 Å². The van der Waals surface area contributed by atoms with Crippen LogP contribution in [0.25, 0.3) is 24.3 Å². The Morgan fingerprint density at radius 3 is 1.03 bits per heavy atom. The van der Waals surface area contributed by atoms with E-state index in [1.807, 2.05) is 18.2 Å². The van der Waals surface area contributed by atoms with Crippen LogP contribution in [0, 0.1) is 21.4 Å². The van der Waals surface area contributed by atoms with E-state index in [1.54, 1.807) is 12.1 Å². The molecule has 0 spiro atoms. The van der Waals surface area contributed by atoms with Gasteiger partial charge in [-0.05, 0) is 59.4 Å². The zero-order valence-electron chi connectivity index (χ0n) is 40.9. The fourth-order valence-electron chi connectivity index (χ4n) is 8.88. The van der Waals surface area contributed by atoms with Crippen molar-refractivity contribution in [3.63, 3.8) is 0 Å². The molecule has 0 saturated carbocycles. The largest absolute Gasteiger partial charge is 0.372 e. The van der Waals surface area contributed by atoms with Crippen molar-refractivity contribution < 1.29 is 4.92 Å². The van der Waals surface area contributed by atoms with E-state index in [1.165, 1.54) is 223 Å². The Labute approximate surface area is 392 Å². The molecule has 0 heterocycles. The smallest absolute Gasteiger partial charge is 0.287 e. The number of unbranched alkanes of at least 4 members (excludes halogenated alkanes) is 30. The van der Waals surface area contributed by atoms with Crippen molar-refractivity contribution >= 4 is 35.7 Å². The summed E-state index contributed by atoms with van der Waals surface area (Å²) in [4.78, 5) is 13.3. The van der Waals surface area contributed by atoms with Gasteiger partial charge in [0.05, 0.1) is 4.92 Å². The highest BCUT2D eigenvalue weighted by Crippen LogP contribution is 2.23. The Kier molecular flexibility index (Phi) is 31.4. The Bertz CT molecular complexity index is 1670. The first kappa shape index (κ1) is 54.2. The zero-order valence-corrected chi connectivity index (χ0v) is 40.9. The lowest BCUT2D eigenvalue weighted by Gasteiger charge is -2.25. The van der Waals surface area contributed by atoms with Crippen molar-refractivity contribution in [2.24, 2.45) is 0 Å². The highest BCUT2D eigenvalue weighted by molar-refractivity contribution is 5.74. The Balaban J connectivity index is 1.40. The lowest BCUT2D eigenvalue weighted by atomic mass is 10.0. The van der Waals surface area contributed by atoms with Gasteiger partial charge in [0.25, 0.3) is 5.69 Å². The molecule has 3 aromatic carbocycles. The molecule has 352 valence electrons. The van der Waals surface area contributed by atoms with Crippen molar-refractivity contribution in [1.82, 2.24) is 0 Å². The van der Waals surface area contributed by atoms with Gasteiger partial charge in [-0.25, -0.2) is 0 Å². The molecule has 0 aliphatic heterocycles. The number of rotatable bonds is 40. The molecule has 64 heavy (non-hydrogen) atoms. The number of nitro groups is 1. The van der Waals surface area contributed by atoms with Crippen LogP contribution in [0.2, 0.25) is 0 Å². The van der Waals surface area contributed by atoms with Gasteiger partial charge in [-0.2, -0.15) is 5.26 Å². The van der Waals surface area contributed by atoms with Gasteiger partial charge >= 0.3 is 0 Å². The molecule has 5 nitrogen and oxygen atoms in total. The number of benzene rings is 3. The molecule has 3 aromatic rings.